The number of rotatable bonds is 4. The molecule has 5 heteroatoms. The van der Waals surface area contributed by atoms with Crippen LogP contribution in [0.3, 0.4) is 0 Å². The highest BCUT2D eigenvalue weighted by Crippen LogP contribution is 2.32. The lowest BCUT2D eigenvalue weighted by Crippen LogP contribution is -2.30. The Morgan fingerprint density at radius 3 is 2.73 bits per heavy atom. The number of nitrogens with one attached hydrogen (secondary N) is 2. The molecule has 0 atom stereocenters. The SMILES string of the molecule is Cc1cccc2c(NC(=S)NCCc3cccs3)c3ccccc3nc12. The number of thiophene rings is 1. The maximum Gasteiger partial charge on any atom is 0.170 e. The Bertz CT molecular complexity index is 1070. The van der Waals surface area contributed by atoms with Crippen LogP contribution < -0.4 is 10.6 Å². The molecule has 4 rings (SSSR count). The van der Waals surface area contributed by atoms with Crippen LogP contribution in [0.1, 0.15) is 10.4 Å². The zero-order valence-electron chi connectivity index (χ0n) is 14.5. The van der Waals surface area contributed by atoms with E-state index in [0.717, 1.165) is 46.0 Å². The summed E-state index contributed by atoms with van der Waals surface area (Å²) in [6, 6.07) is 18.6. The summed E-state index contributed by atoms with van der Waals surface area (Å²) in [5.41, 5.74) is 4.16. The normalized spacial score (nSPS) is 11.0. The molecule has 0 fully saturated rings. The molecular formula is C21H19N3S2. The minimum atomic E-state index is 0.640. The van der Waals surface area contributed by atoms with Gasteiger partial charge in [-0.05, 0) is 48.6 Å². The van der Waals surface area contributed by atoms with E-state index in [1.165, 1.54) is 4.88 Å². The van der Waals surface area contributed by atoms with Crippen LogP contribution in [0.5, 0.6) is 0 Å². The topological polar surface area (TPSA) is 37.0 Å². The average Bonchev–Trinajstić information content (AvgIpc) is 3.16. The molecule has 0 radical (unpaired) electrons. The number of anilines is 1. The summed E-state index contributed by atoms with van der Waals surface area (Å²) >= 11 is 7.32. The third-order valence-electron chi connectivity index (χ3n) is 4.39. The number of aromatic nitrogens is 1. The second kappa shape index (κ2) is 7.40. The van der Waals surface area contributed by atoms with Crippen molar-refractivity contribution in [3.05, 3.63) is 70.4 Å². The number of aryl methyl sites for hydroxylation is 1. The van der Waals surface area contributed by atoms with Gasteiger partial charge >= 0.3 is 0 Å². The van der Waals surface area contributed by atoms with Crippen LogP contribution in [0.2, 0.25) is 0 Å². The fourth-order valence-electron chi connectivity index (χ4n) is 3.10. The molecule has 2 heterocycles. The quantitative estimate of drug-likeness (QED) is 0.374. The molecule has 0 amide bonds. The summed E-state index contributed by atoms with van der Waals surface area (Å²) in [5.74, 6) is 0. The van der Waals surface area contributed by atoms with E-state index in [1.807, 2.05) is 18.2 Å². The summed E-state index contributed by atoms with van der Waals surface area (Å²) < 4.78 is 0. The molecule has 0 bridgehead atoms. The number of pyridine rings is 1. The summed E-state index contributed by atoms with van der Waals surface area (Å²) in [4.78, 5) is 6.20. The van der Waals surface area contributed by atoms with Crippen molar-refractivity contribution in [2.24, 2.45) is 0 Å². The zero-order valence-corrected chi connectivity index (χ0v) is 16.1. The van der Waals surface area contributed by atoms with Gasteiger partial charge in [0.05, 0.1) is 16.7 Å². The Kier molecular flexibility index (Phi) is 4.82. The highest BCUT2D eigenvalue weighted by molar-refractivity contribution is 7.80. The third-order valence-corrected chi connectivity index (χ3v) is 5.57. The average molecular weight is 378 g/mol. The summed E-state index contributed by atoms with van der Waals surface area (Å²) in [6.07, 6.45) is 0.969. The molecule has 0 aliphatic carbocycles. The smallest absolute Gasteiger partial charge is 0.170 e. The molecule has 2 N–H and O–H groups in total. The van der Waals surface area contributed by atoms with Crippen LogP contribution in [0, 0.1) is 6.92 Å². The predicted octanol–water partition coefficient (Wildman–Crippen LogP) is 5.29. The highest BCUT2D eigenvalue weighted by atomic mass is 32.1. The van der Waals surface area contributed by atoms with Gasteiger partial charge in [-0.3, -0.25) is 0 Å². The fourth-order valence-corrected chi connectivity index (χ4v) is 4.02. The number of nitrogens with zero attached hydrogens (tertiary/aromatic N) is 1. The van der Waals surface area contributed by atoms with Gasteiger partial charge in [-0.2, -0.15) is 0 Å². The standard InChI is InChI=1S/C21H19N3S2/c1-14-6-4-9-17-19(14)23-18-10-3-2-8-16(18)20(17)24-21(25)22-12-11-15-7-5-13-26-15/h2-10,13H,11-12H2,1H3,(H2,22,23,24,25). The summed E-state index contributed by atoms with van der Waals surface area (Å²) in [6.45, 7) is 2.90. The Morgan fingerprint density at radius 1 is 1.04 bits per heavy atom. The van der Waals surface area contributed by atoms with E-state index in [1.54, 1.807) is 11.3 Å². The molecule has 130 valence electrons. The van der Waals surface area contributed by atoms with Crippen molar-refractivity contribution in [2.75, 3.05) is 11.9 Å². The number of para-hydroxylation sites is 2. The van der Waals surface area contributed by atoms with Crippen molar-refractivity contribution in [1.82, 2.24) is 10.3 Å². The van der Waals surface area contributed by atoms with Crippen LogP contribution in [0.25, 0.3) is 21.8 Å². The van der Waals surface area contributed by atoms with Crippen molar-refractivity contribution < 1.29 is 0 Å². The van der Waals surface area contributed by atoms with Gasteiger partial charge in [0.25, 0.3) is 0 Å². The largest absolute Gasteiger partial charge is 0.362 e. The van der Waals surface area contributed by atoms with Crippen molar-refractivity contribution >= 4 is 56.2 Å². The fraction of sp³-hybridized carbons (Fsp3) is 0.143. The maximum absolute atomic E-state index is 5.55. The van der Waals surface area contributed by atoms with E-state index in [-0.39, 0.29) is 0 Å². The van der Waals surface area contributed by atoms with Crippen molar-refractivity contribution in [1.29, 1.82) is 0 Å². The van der Waals surface area contributed by atoms with Gasteiger partial charge in [0, 0.05) is 22.2 Å². The van der Waals surface area contributed by atoms with Crippen molar-refractivity contribution in [3.63, 3.8) is 0 Å². The Balaban J connectivity index is 1.63. The van der Waals surface area contributed by atoms with Crippen LogP contribution in [0.15, 0.2) is 60.0 Å². The van der Waals surface area contributed by atoms with Gasteiger partial charge in [0.1, 0.15) is 0 Å². The minimum Gasteiger partial charge on any atom is -0.362 e. The lowest BCUT2D eigenvalue weighted by molar-refractivity contribution is 0.885. The van der Waals surface area contributed by atoms with E-state index < -0.39 is 0 Å². The monoisotopic (exact) mass is 377 g/mol. The molecule has 2 aromatic heterocycles. The molecule has 0 saturated carbocycles. The van der Waals surface area contributed by atoms with E-state index in [4.69, 9.17) is 17.2 Å². The minimum absolute atomic E-state index is 0.640. The van der Waals surface area contributed by atoms with Gasteiger partial charge in [-0.15, -0.1) is 11.3 Å². The van der Waals surface area contributed by atoms with Crippen LogP contribution in [0.4, 0.5) is 5.69 Å². The second-order valence-electron chi connectivity index (χ2n) is 6.19. The maximum atomic E-state index is 5.55. The highest BCUT2D eigenvalue weighted by Gasteiger charge is 2.11. The summed E-state index contributed by atoms with van der Waals surface area (Å²) in [5, 5.41) is 11.6. The first-order valence-corrected chi connectivity index (χ1v) is 9.86. The number of thiocarbonyl (C=S) groups is 1. The molecule has 2 aromatic carbocycles. The van der Waals surface area contributed by atoms with Crippen LogP contribution in [-0.4, -0.2) is 16.6 Å². The molecule has 0 unspecified atom stereocenters. The molecule has 3 nitrogen and oxygen atoms in total. The number of hydrogen-bond acceptors (Lipinski definition) is 3. The molecular weight excluding hydrogens is 358 g/mol. The first-order chi connectivity index (χ1) is 12.7. The molecule has 4 aromatic rings. The molecule has 26 heavy (non-hydrogen) atoms. The van der Waals surface area contributed by atoms with Gasteiger partial charge in [-0.25, -0.2) is 4.98 Å². The Hall–Kier alpha value is -2.50. The predicted molar refractivity (Wildman–Crippen MR) is 116 cm³/mol. The van der Waals surface area contributed by atoms with Crippen LogP contribution >= 0.6 is 23.6 Å². The lowest BCUT2D eigenvalue weighted by atomic mass is 10.1. The molecule has 0 aliphatic rings. The first kappa shape index (κ1) is 16.9. The lowest BCUT2D eigenvalue weighted by Gasteiger charge is -2.15. The first-order valence-electron chi connectivity index (χ1n) is 8.57. The van der Waals surface area contributed by atoms with Gasteiger partial charge < -0.3 is 10.6 Å². The van der Waals surface area contributed by atoms with E-state index >= 15 is 0 Å². The summed E-state index contributed by atoms with van der Waals surface area (Å²) in [7, 11) is 0. The van der Waals surface area contributed by atoms with Crippen molar-refractivity contribution in [3.8, 4) is 0 Å². The zero-order chi connectivity index (χ0) is 17.9. The Morgan fingerprint density at radius 2 is 1.88 bits per heavy atom. The number of hydrogen-bond donors (Lipinski definition) is 2. The van der Waals surface area contributed by atoms with Gasteiger partial charge in [0.2, 0.25) is 0 Å². The van der Waals surface area contributed by atoms with E-state index in [9.17, 15) is 0 Å². The van der Waals surface area contributed by atoms with E-state index in [2.05, 4.69) is 59.3 Å². The van der Waals surface area contributed by atoms with Crippen molar-refractivity contribution in [2.45, 2.75) is 13.3 Å². The second-order valence-corrected chi connectivity index (χ2v) is 7.63. The molecule has 0 aliphatic heterocycles. The van der Waals surface area contributed by atoms with E-state index in [0.29, 0.717) is 5.11 Å². The van der Waals surface area contributed by atoms with Gasteiger partial charge in [-0.1, -0.05) is 42.5 Å². The van der Waals surface area contributed by atoms with Gasteiger partial charge in [0.15, 0.2) is 5.11 Å². The third kappa shape index (κ3) is 3.41. The molecule has 0 spiro atoms. The molecule has 0 saturated heterocycles. The number of fused-ring (bicyclic) bond motifs is 2. The number of benzene rings is 2. The Labute approximate surface area is 162 Å². The van der Waals surface area contributed by atoms with Crippen LogP contribution in [-0.2, 0) is 6.42 Å².